The van der Waals surface area contributed by atoms with Crippen LogP contribution in [0.3, 0.4) is 0 Å². The van der Waals surface area contributed by atoms with Crippen LogP contribution in [0.15, 0.2) is 12.2 Å². The number of aliphatic hydroxyl groups excluding tert-OH is 1. The van der Waals surface area contributed by atoms with Crippen molar-refractivity contribution in [3.05, 3.63) is 12.2 Å². The predicted molar refractivity (Wildman–Crippen MR) is 87.1 cm³/mol. The summed E-state index contributed by atoms with van der Waals surface area (Å²) < 4.78 is 12.4. The van der Waals surface area contributed by atoms with Crippen LogP contribution in [0.4, 0.5) is 0 Å². The Kier molecular flexibility index (Phi) is 2.40. The van der Waals surface area contributed by atoms with E-state index >= 15 is 0 Å². The molecule has 4 aliphatic carbocycles. The van der Waals surface area contributed by atoms with Gasteiger partial charge in [-0.1, -0.05) is 26.8 Å². The van der Waals surface area contributed by atoms with E-state index in [4.69, 9.17) is 9.47 Å². The fraction of sp³-hybridized carbons (Fsp3) is 0.850. The first-order chi connectivity index (χ1) is 11.7. The van der Waals surface area contributed by atoms with E-state index in [-0.39, 0.29) is 40.5 Å². The third-order valence-corrected chi connectivity index (χ3v) is 9.05. The van der Waals surface area contributed by atoms with Gasteiger partial charge < -0.3 is 19.7 Å². The molecule has 5 heteroatoms. The Labute approximate surface area is 147 Å². The smallest absolute Gasteiger partial charge is 0.211 e. The summed E-state index contributed by atoms with van der Waals surface area (Å²) in [5.41, 5.74) is -1.10. The SMILES string of the molecule is C=C1C(=O)[C@@]23[C@@H]4CC[C@@H]1[C@@H]2O[C@H]1O[C@]3(O)[C@@H](O)[C@@H]2C(C)(C)CCC[C@]124. The van der Waals surface area contributed by atoms with Gasteiger partial charge in [-0.25, -0.2) is 0 Å². The fourth-order valence-corrected chi connectivity index (χ4v) is 8.46. The van der Waals surface area contributed by atoms with Crippen LogP contribution in [0.1, 0.15) is 46.0 Å². The first kappa shape index (κ1) is 15.3. The van der Waals surface area contributed by atoms with Crippen molar-refractivity contribution in [2.24, 2.45) is 34.0 Å². The number of carbonyl (C=O) groups excluding carboxylic acids is 1. The number of ether oxygens (including phenoxy) is 2. The van der Waals surface area contributed by atoms with Gasteiger partial charge in [0.25, 0.3) is 0 Å². The lowest BCUT2D eigenvalue weighted by atomic mass is 9.34. The van der Waals surface area contributed by atoms with Gasteiger partial charge in [0.1, 0.15) is 11.5 Å². The highest BCUT2D eigenvalue weighted by Gasteiger charge is 2.91. The van der Waals surface area contributed by atoms with Crippen LogP contribution in [0.2, 0.25) is 0 Å². The van der Waals surface area contributed by atoms with Crippen molar-refractivity contribution in [1.29, 1.82) is 0 Å². The lowest BCUT2D eigenvalue weighted by molar-refractivity contribution is -0.549. The molecule has 0 aromatic carbocycles. The normalized spacial score (nSPS) is 63.0. The van der Waals surface area contributed by atoms with Gasteiger partial charge in [-0.2, -0.15) is 0 Å². The lowest BCUT2D eigenvalue weighted by Crippen LogP contribution is -2.89. The quantitative estimate of drug-likeness (QED) is 0.654. The maximum Gasteiger partial charge on any atom is 0.211 e. The molecule has 0 aromatic rings. The molecule has 0 aromatic heterocycles. The molecule has 0 unspecified atom stereocenters. The first-order valence-corrected chi connectivity index (χ1v) is 9.70. The van der Waals surface area contributed by atoms with E-state index in [1.54, 1.807) is 0 Å². The molecule has 2 N–H and O–H groups in total. The standard InChI is InChI=1S/C20H26O5/c1-9-10-5-6-11-18-8-4-7-17(2,3)12(18)14(22)20(23)19(11,13(9)21)15(10)24-16(18)25-20/h10-12,14-16,22-23H,1,4-8H2,2-3H3/t10-,11+,12+,14-,15-,16-,18+,19-,20+/m0/s1. The molecule has 9 atom stereocenters. The van der Waals surface area contributed by atoms with E-state index in [0.717, 1.165) is 32.1 Å². The second kappa shape index (κ2) is 3.91. The van der Waals surface area contributed by atoms with Gasteiger partial charge in [0, 0.05) is 17.3 Å². The zero-order valence-electron chi connectivity index (χ0n) is 14.8. The molecule has 4 aliphatic heterocycles. The molecular weight excluding hydrogens is 320 g/mol. The van der Waals surface area contributed by atoms with Crippen LogP contribution in [0, 0.1) is 34.0 Å². The summed E-state index contributed by atoms with van der Waals surface area (Å²) in [6.45, 7) is 8.39. The minimum Gasteiger partial charge on any atom is -0.387 e. The number of aliphatic hydroxyl groups is 2. The Morgan fingerprint density at radius 2 is 2.00 bits per heavy atom. The third kappa shape index (κ3) is 1.18. The monoisotopic (exact) mass is 346 g/mol. The Morgan fingerprint density at radius 3 is 2.76 bits per heavy atom. The highest BCUT2D eigenvalue weighted by Crippen LogP contribution is 2.81. The van der Waals surface area contributed by atoms with Crippen molar-refractivity contribution in [3.8, 4) is 0 Å². The van der Waals surface area contributed by atoms with Gasteiger partial charge >= 0.3 is 0 Å². The summed E-state index contributed by atoms with van der Waals surface area (Å²) in [4.78, 5) is 13.4. The van der Waals surface area contributed by atoms with Crippen molar-refractivity contribution in [1.82, 2.24) is 0 Å². The Morgan fingerprint density at radius 1 is 1.24 bits per heavy atom. The van der Waals surface area contributed by atoms with Gasteiger partial charge in [-0.05, 0) is 42.6 Å². The second-order valence-corrected chi connectivity index (χ2v) is 10.0. The topological polar surface area (TPSA) is 76.0 Å². The van der Waals surface area contributed by atoms with Gasteiger partial charge in [0.2, 0.25) is 5.79 Å². The molecule has 25 heavy (non-hydrogen) atoms. The molecule has 4 saturated heterocycles. The maximum atomic E-state index is 13.4. The molecule has 8 fully saturated rings. The molecular formula is C20H26O5. The average molecular weight is 346 g/mol. The summed E-state index contributed by atoms with van der Waals surface area (Å²) in [6.07, 6.45) is 2.73. The molecule has 8 aliphatic rings. The van der Waals surface area contributed by atoms with Crippen LogP contribution in [0.25, 0.3) is 0 Å². The molecule has 8 rings (SSSR count). The van der Waals surface area contributed by atoms with Crippen LogP contribution < -0.4 is 0 Å². The van der Waals surface area contributed by atoms with Gasteiger partial charge in [-0.3, -0.25) is 4.79 Å². The summed E-state index contributed by atoms with van der Waals surface area (Å²) in [5.74, 6) is -2.11. The fourth-order valence-electron chi connectivity index (χ4n) is 8.46. The molecule has 136 valence electrons. The van der Waals surface area contributed by atoms with E-state index in [2.05, 4.69) is 20.4 Å². The summed E-state index contributed by atoms with van der Waals surface area (Å²) >= 11 is 0. The molecule has 5 nitrogen and oxygen atoms in total. The number of carbonyl (C=O) groups is 1. The van der Waals surface area contributed by atoms with Crippen LogP contribution in [0.5, 0.6) is 0 Å². The average Bonchev–Trinajstić information content (AvgIpc) is 2.68. The lowest BCUT2D eigenvalue weighted by Gasteiger charge is -2.79. The molecule has 4 saturated carbocycles. The van der Waals surface area contributed by atoms with Crippen molar-refractivity contribution < 1.29 is 24.5 Å². The molecule has 0 amide bonds. The zero-order valence-corrected chi connectivity index (χ0v) is 14.8. The van der Waals surface area contributed by atoms with Crippen molar-refractivity contribution in [3.63, 3.8) is 0 Å². The number of ketones is 1. The summed E-state index contributed by atoms with van der Waals surface area (Å²) in [5, 5.41) is 23.1. The van der Waals surface area contributed by atoms with Crippen molar-refractivity contribution in [2.75, 3.05) is 0 Å². The highest BCUT2D eigenvalue weighted by molar-refractivity contribution is 6.05. The predicted octanol–water partition coefficient (Wildman–Crippen LogP) is 1.77. The molecule has 2 spiro atoms. The molecule has 0 radical (unpaired) electrons. The minimum absolute atomic E-state index is 0.0125. The molecule has 7 bridgehead atoms. The Balaban J connectivity index is 1.68. The first-order valence-electron chi connectivity index (χ1n) is 9.70. The maximum absolute atomic E-state index is 13.4. The highest BCUT2D eigenvalue weighted by atomic mass is 16.8. The van der Waals surface area contributed by atoms with Gasteiger partial charge in [0.15, 0.2) is 12.1 Å². The second-order valence-electron chi connectivity index (χ2n) is 10.0. The van der Waals surface area contributed by atoms with Gasteiger partial charge in [0.05, 0.1) is 6.10 Å². The minimum atomic E-state index is -1.85. The van der Waals surface area contributed by atoms with Crippen LogP contribution >= 0.6 is 0 Å². The van der Waals surface area contributed by atoms with E-state index in [1.807, 2.05) is 0 Å². The van der Waals surface area contributed by atoms with Crippen LogP contribution in [-0.4, -0.2) is 40.3 Å². The van der Waals surface area contributed by atoms with Gasteiger partial charge in [-0.15, -0.1) is 0 Å². The van der Waals surface area contributed by atoms with E-state index in [9.17, 15) is 15.0 Å². The number of rotatable bonds is 0. The number of Topliss-reactive ketones (excluding diaryl/α,β-unsaturated/α-hetero) is 1. The largest absolute Gasteiger partial charge is 0.387 e. The Hall–Kier alpha value is -0.750. The molecule has 4 heterocycles. The van der Waals surface area contributed by atoms with E-state index < -0.39 is 23.6 Å². The number of hydrogen-bond donors (Lipinski definition) is 2. The Bertz CT molecular complexity index is 730. The van der Waals surface area contributed by atoms with E-state index in [0.29, 0.717) is 5.57 Å². The summed E-state index contributed by atoms with van der Waals surface area (Å²) in [7, 11) is 0. The number of hydrogen-bond acceptors (Lipinski definition) is 5. The third-order valence-electron chi connectivity index (χ3n) is 9.05. The summed E-state index contributed by atoms with van der Waals surface area (Å²) in [6, 6.07) is 0. The van der Waals surface area contributed by atoms with E-state index in [1.165, 1.54) is 0 Å². The van der Waals surface area contributed by atoms with Crippen LogP contribution in [-0.2, 0) is 14.3 Å². The van der Waals surface area contributed by atoms with Crippen molar-refractivity contribution in [2.45, 2.75) is 70.2 Å². The zero-order chi connectivity index (χ0) is 17.6. The van der Waals surface area contributed by atoms with Crippen molar-refractivity contribution >= 4 is 5.78 Å².